The Labute approximate surface area is 115 Å². The highest BCUT2D eigenvalue weighted by atomic mass is 19.4. The lowest BCUT2D eigenvalue weighted by Gasteiger charge is -2.12. The Hall–Kier alpha value is -2.89. The number of carbonyl (C=O) groups is 1. The van der Waals surface area contributed by atoms with E-state index in [0.717, 1.165) is 18.2 Å². The van der Waals surface area contributed by atoms with Gasteiger partial charge in [-0.3, -0.25) is 4.79 Å². The van der Waals surface area contributed by atoms with Gasteiger partial charge in [-0.15, -0.1) is 0 Å². The number of halogens is 4. The van der Waals surface area contributed by atoms with Gasteiger partial charge in [0, 0.05) is 0 Å². The average Bonchev–Trinajstić information content (AvgIpc) is 2.84. The van der Waals surface area contributed by atoms with Crippen molar-refractivity contribution >= 4 is 5.91 Å². The monoisotopic (exact) mass is 298 g/mol. The second kappa shape index (κ2) is 4.90. The van der Waals surface area contributed by atoms with Gasteiger partial charge in [-0.25, -0.2) is 9.07 Å². The van der Waals surface area contributed by atoms with Crippen LogP contribution in [0, 0.1) is 17.1 Å². The average molecular weight is 298 g/mol. The number of nitrogens with two attached hydrogens (primary N) is 1. The van der Waals surface area contributed by atoms with E-state index in [9.17, 15) is 22.4 Å². The van der Waals surface area contributed by atoms with Crippen LogP contribution in [-0.2, 0) is 6.18 Å². The van der Waals surface area contributed by atoms with Crippen LogP contribution in [0.2, 0.25) is 0 Å². The molecule has 0 atom stereocenters. The molecule has 0 bridgehead atoms. The molecule has 9 heteroatoms. The van der Waals surface area contributed by atoms with Crippen molar-refractivity contribution in [2.24, 2.45) is 5.73 Å². The minimum Gasteiger partial charge on any atom is -0.365 e. The lowest BCUT2D eigenvalue weighted by molar-refractivity contribution is -0.143. The zero-order valence-corrected chi connectivity index (χ0v) is 10.1. The molecule has 1 amide bonds. The molecule has 0 spiro atoms. The van der Waals surface area contributed by atoms with Crippen LogP contribution in [0.4, 0.5) is 17.6 Å². The Kier molecular flexibility index (Phi) is 3.39. The molecule has 0 saturated heterocycles. The smallest absolute Gasteiger partial charge is 0.365 e. The van der Waals surface area contributed by atoms with Crippen LogP contribution >= 0.6 is 0 Å². The molecular weight excluding hydrogens is 292 g/mol. The molecule has 0 saturated carbocycles. The Bertz CT molecular complexity index is 758. The number of amides is 1. The Morgan fingerprint density at radius 1 is 1.38 bits per heavy atom. The maximum Gasteiger partial charge on any atom is 0.434 e. The molecule has 0 aliphatic heterocycles. The molecule has 1 aromatic carbocycles. The van der Waals surface area contributed by atoms with Crippen LogP contribution in [0.3, 0.4) is 0 Å². The van der Waals surface area contributed by atoms with Gasteiger partial charge in [0.2, 0.25) is 0 Å². The van der Waals surface area contributed by atoms with Crippen molar-refractivity contribution in [2.75, 3.05) is 0 Å². The van der Waals surface area contributed by atoms with Crippen molar-refractivity contribution in [1.82, 2.24) is 9.78 Å². The molecule has 2 rings (SSSR count). The van der Waals surface area contributed by atoms with E-state index >= 15 is 0 Å². The molecule has 1 heterocycles. The molecule has 0 unspecified atom stereocenters. The molecule has 108 valence electrons. The molecule has 1 aromatic heterocycles. The van der Waals surface area contributed by atoms with Gasteiger partial charge in [0.15, 0.2) is 5.69 Å². The molecule has 0 aliphatic rings. The summed E-state index contributed by atoms with van der Waals surface area (Å²) in [6, 6.07) is 4.23. The first-order valence-electron chi connectivity index (χ1n) is 5.40. The largest absolute Gasteiger partial charge is 0.434 e. The molecule has 2 aromatic rings. The minimum atomic E-state index is -4.90. The van der Waals surface area contributed by atoms with Gasteiger partial charge in [-0.1, -0.05) is 0 Å². The number of alkyl halides is 3. The van der Waals surface area contributed by atoms with Gasteiger partial charge < -0.3 is 5.73 Å². The third-order valence-electron chi connectivity index (χ3n) is 2.62. The van der Waals surface area contributed by atoms with Crippen molar-refractivity contribution in [2.45, 2.75) is 6.18 Å². The summed E-state index contributed by atoms with van der Waals surface area (Å²) in [6.07, 6.45) is -4.23. The Morgan fingerprint density at radius 3 is 2.57 bits per heavy atom. The minimum absolute atomic E-state index is 0.215. The van der Waals surface area contributed by atoms with Gasteiger partial charge in [0.1, 0.15) is 11.9 Å². The van der Waals surface area contributed by atoms with E-state index in [0.29, 0.717) is 10.9 Å². The number of benzene rings is 1. The number of hydrogen-bond donors (Lipinski definition) is 1. The molecule has 5 nitrogen and oxygen atoms in total. The highest BCUT2D eigenvalue weighted by Gasteiger charge is 2.40. The first-order chi connectivity index (χ1) is 9.75. The van der Waals surface area contributed by atoms with Gasteiger partial charge in [-0.05, 0) is 18.2 Å². The van der Waals surface area contributed by atoms with E-state index < -0.39 is 34.7 Å². The van der Waals surface area contributed by atoms with Crippen molar-refractivity contribution in [3.05, 3.63) is 47.0 Å². The number of carbonyl (C=O) groups excluding carboxylic acids is 1. The number of nitrogens with zero attached hydrogens (tertiary/aromatic N) is 3. The van der Waals surface area contributed by atoms with E-state index in [2.05, 4.69) is 5.10 Å². The number of hydrogen-bond acceptors (Lipinski definition) is 3. The predicted molar refractivity (Wildman–Crippen MR) is 61.8 cm³/mol. The summed E-state index contributed by atoms with van der Waals surface area (Å²) in [6.45, 7) is 0. The maximum atomic E-state index is 13.2. The number of nitriles is 1. The van der Waals surface area contributed by atoms with Crippen LogP contribution in [-0.4, -0.2) is 15.7 Å². The van der Waals surface area contributed by atoms with E-state index in [1.807, 2.05) is 0 Å². The fraction of sp³-hybridized carbons (Fsp3) is 0.0833. The summed E-state index contributed by atoms with van der Waals surface area (Å²) in [4.78, 5) is 11.0. The fourth-order valence-electron chi connectivity index (χ4n) is 1.73. The van der Waals surface area contributed by atoms with Gasteiger partial charge in [0.05, 0.1) is 23.0 Å². The van der Waals surface area contributed by atoms with Gasteiger partial charge >= 0.3 is 6.18 Å². The summed E-state index contributed by atoms with van der Waals surface area (Å²) in [5, 5.41) is 12.1. The first kappa shape index (κ1) is 14.5. The molecule has 0 fully saturated rings. The van der Waals surface area contributed by atoms with Crippen LogP contribution < -0.4 is 5.73 Å². The summed E-state index contributed by atoms with van der Waals surface area (Å²) in [7, 11) is 0. The number of rotatable bonds is 2. The Morgan fingerprint density at radius 2 is 2.05 bits per heavy atom. The number of primary amides is 1. The van der Waals surface area contributed by atoms with Crippen LogP contribution in [0.1, 0.15) is 21.6 Å². The zero-order valence-electron chi connectivity index (χ0n) is 10.1. The van der Waals surface area contributed by atoms with Gasteiger partial charge in [-0.2, -0.15) is 23.5 Å². The van der Waals surface area contributed by atoms with E-state index in [1.54, 1.807) is 0 Å². The van der Waals surface area contributed by atoms with Crippen LogP contribution in [0.25, 0.3) is 5.69 Å². The summed E-state index contributed by atoms with van der Waals surface area (Å²) in [5.41, 5.74) is 2.02. The first-order valence-corrected chi connectivity index (χ1v) is 5.40. The van der Waals surface area contributed by atoms with Crippen molar-refractivity contribution in [1.29, 1.82) is 5.26 Å². The standard InChI is InChI=1S/C12H6F4N4O/c13-9-2-1-7(3-6(9)4-17)20-10(12(14,15)16)8(5-19-20)11(18)21/h1-3,5H,(H2,18,21). The highest BCUT2D eigenvalue weighted by molar-refractivity contribution is 5.94. The Balaban J connectivity index is 2.71. The number of aromatic nitrogens is 2. The fourth-order valence-corrected chi connectivity index (χ4v) is 1.73. The van der Waals surface area contributed by atoms with E-state index in [-0.39, 0.29) is 5.69 Å². The third-order valence-corrected chi connectivity index (χ3v) is 2.62. The molecule has 21 heavy (non-hydrogen) atoms. The second-order valence-electron chi connectivity index (χ2n) is 3.96. The van der Waals surface area contributed by atoms with Gasteiger partial charge in [0.25, 0.3) is 5.91 Å². The lowest BCUT2D eigenvalue weighted by Crippen LogP contribution is -2.20. The topological polar surface area (TPSA) is 84.7 Å². The summed E-state index contributed by atoms with van der Waals surface area (Å²) in [5.74, 6) is -2.17. The van der Waals surface area contributed by atoms with Crippen molar-refractivity contribution in [3.63, 3.8) is 0 Å². The second-order valence-corrected chi connectivity index (χ2v) is 3.96. The summed E-state index contributed by atoms with van der Waals surface area (Å²) < 4.78 is 52.7. The molecular formula is C12H6F4N4O. The predicted octanol–water partition coefficient (Wildman–Crippen LogP) is 2.00. The van der Waals surface area contributed by atoms with E-state index in [1.165, 1.54) is 6.07 Å². The maximum absolute atomic E-state index is 13.2. The molecule has 2 N–H and O–H groups in total. The third kappa shape index (κ3) is 2.55. The zero-order chi connectivity index (χ0) is 15.8. The van der Waals surface area contributed by atoms with Crippen molar-refractivity contribution in [3.8, 4) is 11.8 Å². The van der Waals surface area contributed by atoms with E-state index in [4.69, 9.17) is 11.0 Å². The van der Waals surface area contributed by atoms with Crippen LogP contribution in [0.15, 0.2) is 24.4 Å². The highest BCUT2D eigenvalue weighted by Crippen LogP contribution is 2.33. The van der Waals surface area contributed by atoms with Crippen molar-refractivity contribution < 1.29 is 22.4 Å². The normalized spacial score (nSPS) is 11.2. The summed E-state index contributed by atoms with van der Waals surface area (Å²) >= 11 is 0. The van der Waals surface area contributed by atoms with Crippen LogP contribution in [0.5, 0.6) is 0 Å². The quantitative estimate of drug-likeness (QED) is 0.860. The molecule has 0 radical (unpaired) electrons. The molecule has 0 aliphatic carbocycles. The SMILES string of the molecule is N#Cc1cc(-n2ncc(C(N)=O)c2C(F)(F)F)ccc1F. The lowest BCUT2D eigenvalue weighted by atomic mass is 10.2.